The maximum atomic E-state index is 12.1. The van der Waals surface area contributed by atoms with Crippen LogP contribution in [0, 0.1) is 12.8 Å². The molecule has 1 heterocycles. The second kappa shape index (κ2) is 6.07. The Hall–Kier alpha value is -1.84. The lowest BCUT2D eigenvalue weighted by Crippen LogP contribution is -2.34. The fourth-order valence-electron chi connectivity index (χ4n) is 2.47. The number of nitrogens with zero attached hydrogens (tertiary/aromatic N) is 2. The summed E-state index contributed by atoms with van der Waals surface area (Å²) in [4.78, 5) is 27.6. The van der Waals surface area contributed by atoms with E-state index in [2.05, 4.69) is 0 Å². The minimum absolute atomic E-state index is 0.0762. The number of amides is 2. The highest BCUT2D eigenvalue weighted by Gasteiger charge is 2.35. The first-order chi connectivity index (χ1) is 9.51. The van der Waals surface area contributed by atoms with Crippen LogP contribution in [0.15, 0.2) is 24.3 Å². The average Bonchev–Trinajstić information content (AvgIpc) is 2.81. The van der Waals surface area contributed by atoms with Crippen molar-refractivity contribution in [3.05, 3.63) is 35.4 Å². The Balaban J connectivity index is 1.99. The Bertz CT molecular complexity index is 496. The number of likely N-dealkylation sites (tertiary alicyclic amines) is 1. The van der Waals surface area contributed by atoms with Crippen molar-refractivity contribution in [2.75, 3.05) is 20.1 Å². The summed E-state index contributed by atoms with van der Waals surface area (Å²) in [5, 5.41) is 0. The largest absolute Gasteiger partial charge is 0.346 e. The van der Waals surface area contributed by atoms with Crippen LogP contribution < -0.4 is 0 Å². The highest BCUT2D eigenvalue weighted by Crippen LogP contribution is 2.22. The summed E-state index contributed by atoms with van der Waals surface area (Å²) in [6.45, 7) is 5.80. The zero-order valence-electron chi connectivity index (χ0n) is 12.4. The van der Waals surface area contributed by atoms with Crippen LogP contribution >= 0.6 is 0 Å². The third kappa shape index (κ3) is 3.18. The molecule has 108 valence electrons. The quantitative estimate of drug-likeness (QED) is 0.840. The summed E-state index contributed by atoms with van der Waals surface area (Å²) in [6, 6.07) is 8.17. The van der Waals surface area contributed by atoms with Gasteiger partial charge in [-0.1, -0.05) is 29.8 Å². The Kier molecular flexibility index (Phi) is 4.42. The van der Waals surface area contributed by atoms with E-state index in [1.165, 1.54) is 5.56 Å². The standard InChI is InChI=1S/C16H22N2O2/c1-4-17(3)16(20)14-9-15(19)18(11-14)10-13-7-5-12(2)6-8-13/h5-8,14H,4,9-11H2,1-3H3. The van der Waals surface area contributed by atoms with E-state index in [0.717, 1.165) is 5.56 Å². The van der Waals surface area contributed by atoms with E-state index >= 15 is 0 Å². The third-order valence-electron chi connectivity index (χ3n) is 3.91. The fourth-order valence-corrected chi connectivity index (χ4v) is 2.47. The molecular formula is C16H22N2O2. The lowest BCUT2D eigenvalue weighted by molar-refractivity contribution is -0.134. The molecular weight excluding hydrogens is 252 g/mol. The molecule has 1 fully saturated rings. The average molecular weight is 274 g/mol. The van der Waals surface area contributed by atoms with E-state index in [0.29, 0.717) is 26.1 Å². The Morgan fingerprint density at radius 3 is 2.60 bits per heavy atom. The monoisotopic (exact) mass is 274 g/mol. The Morgan fingerprint density at radius 2 is 2.00 bits per heavy atom. The van der Waals surface area contributed by atoms with E-state index in [9.17, 15) is 9.59 Å². The first-order valence-electron chi connectivity index (χ1n) is 7.09. The van der Waals surface area contributed by atoms with Gasteiger partial charge < -0.3 is 9.80 Å². The number of hydrogen-bond acceptors (Lipinski definition) is 2. The van der Waals surface area contributed by atoms with E-state index < -0.39 is 0 Å². The van der Waals surface area contributed by atoms with Crippen LogP contribution in [0.1, 0.15) is 24.5 Å². The molecule has 0 spiro atoms. The number of carbonyl (C=O) groups is 2. The molecule has 0 aromatic heterocycles. The van der Waals surface area contributed by atoms with Gasteiger partial charge in [0.15, 0.2) is 0 Å². The number of rotatable bonds is 4. The maximum absolute atomic E-state index is 12.1. The molecule has 0 aliphatic carbocycles. The summed E-state index contributed by atoms with van der Waals surface area (Å²) < 4.78 is 0. The van der Waals surface area contributed by atoms with Crippen LogP contribution in [0.25, 0.3) is 0 Å². The van der Waals surface area contributed by atoms with Crippen molar-refractivity contribution in [3.63, 3.8) is 0 Å². The molecule has 1 aliphatic heterocycles. The highest BCUT2D eigenvalue weighted by molar-refractivity contribution is 5.89. The molecule has 1 aliphatic rings. The first-order valence-corrected chi connectivity index (χ1v) is 7.09. The molecule has 1 unspecified atom stereocenters. The SMILES string of the molecule is CCN(C)C(=O)C1CC(=O)N(Cc2ccc(C)cc2)C1. The second-order valence-electron chi connectivity index (χ2n) is 5.51. The Labute approximate surface area is 120 Å². The van der Waals surface area contributed by atoms with Gasteiger partial charge in [0, 0.05) is 33.1 Å². The van der Waals surface area contributed by atoms with Crippen LogP contribution in [-0.4, -0.2) is 41.8 Å². The minimum Gasteiger partial charge on any atom is -0.346 e. The summed E-state index contributed by atoms with van der Waals surface area (Å²) in [6.07, 6.45) is 0.342. The molecule has 2 amide bonds. The van der Waals surface area contributed by atoms with Gasteiger partial charge in [0.05, 0.1) is 5.92 Å². The Morgan fingerprint density at radius 1 is 1.35 bits per heavy atom. The van der Waals surface area contributed by atoms with Gasteiger partial charge in [-0.25, -0.2) is 0 Å². The molecule has 1 aromatic carbocycles. The number of carbonyl (C=O) groups excluding carboxylic acids is 2. The summed E-state index contributed by atoms with van der Waals surface area (Å²) in [7, 11) is 1.79. The topological polar surface area (TPSA) is 40.6 Å². The lowest BCUT2D eigenvalue weighted by atomic mass is 10.1. The minimum atomic E-state index is -0.183. The van der Waals surface area contributed by atoms with Gasteiger partial charge in [0.2, 0.25) is 11.8 Å². The molecule has 1 aromatic rings. The molecule has 1 saturated heterocycles. The van der Waals surface area contributed by atoms with Crippen molar-refractivity contribution in [1.82, 2.24) is 9.80 Å². The van der Waals surface area contributed by atoms with Crippen LogP contribution in [0.4, 0.5) is 0 Å². The van der Waals surface area contributed by atoms with Gasteiger partial charge in [-0.2, -0.15) is 0 Å². The van der Waals surface area contributed by atoms with E-state index in [1.54, 1.807) is 16.8 Å². The fraction of sp³-hybridized carbons (Fsp3) is 0.500. The second-order valence-corrected chi connectivity index (χ2v) is 5.51. The van der Waals surface area contributed by atoms with Crippen LogP contribution in [0.2, 0.25) is 0 Å². The van der Waals surface area contributed by atoms with Gasteiger partial charge in [-0.15, -0.1) is 0 Å². The van der Waals surface area contributed by atoms with E-state index in [-0.39, 0.29) is 17.7 Å². The smallest absolute Gasteiger partial charge is 0.227 e. The van der Waals surface area contributed by atoms with Gasteiger partial charge in [-0.3, -0.25) is 9.59 Å². The molecule has 2 rings (SSSR count). The van der Waals surface area contributed by atoms with Gasteiger partial charge in [0.25, 0.3) is 0 Å². The number of aryl methyl sites for hydroxylation is 1. The number of benzene rings is 1. The van der Waals surface area contributed by atoms with Crippen molar-refractivity contribution in [2.45, 2.75) is 26.8 Å². The predicted molar refractivity (Wildman–Crippen MR) is 78.0 cm³/mol. The van der Waals surface area contributed by atoms with Crippen LogP contribution in [0.5, 0.6) is 0 Å². The summed E-state index contributed by atoms with van der Waals surface area (Å²) >= 11 is 0. The molecule has 1 atom stereocenters. The highest BCUT2D eigenvalue weighted by atomic mass is 16.2. The molecule has 0 N–H and O–H groups in total. The van der Waals surface area contributed by atoms with Crippen molar-refractivity contribution in [1.29, 1.82) is 0 Å². The molecule has 0 bridgehead atoms. The molecule has 4 nitrogen and oxygen atoms in total. The first kappa shape index (κ1) is 14.6. The lowest BCUT2D eigenvalue weighted by Gasteiger charge is -2.20. The normalized spacial score (nSPS) is 18.4. The molecule has 4 heteroatoms. The van der Waals surface area contributed by atoms with E-state index in [4.69, 9.17) is 0 Å². The summed E-state index contributed by atoms with van der Waals surface area (Å²) in [5.41, 5.74) is 2.32. The zero-order valence-corrected chi connectivity index (χ0v) is 12.4. The van der Waals surface area contributed by atoms with Gasteiger partial charge >= 0.3 is 0 Å². The third-order valence-corrected chi connectivity index (χ3v) is 3.91. The van der Waals surface area contributed by atoms with Gasteiger partial charge in [0.1, 0.15) is 0 Å². The molecule has 20 heavy (non-hydrogen) atoms. The van der Waals surface area contributed by atoms with Crippen molar-refractivity contribution in [3.8, 4) is 0 Å². The van der Waals surface area contributed by atoms with Crippen molar-refractivity contribution >= 4 is 11.8 Å². The van der Waals surface area contributed by atoms with E-state index in [1.807, 2.05) is 38.1 Å². The number of hydrogen-bond donors (Lipinski definition) is 0. The van der Waals surface area contributed by atoms with Crippen molar-refractivity contribution < 1.29 is 9.59 Å². The molecule has 0 radical (unpaired) electrons. The van der Waals surface area contributed by atoms with Gasteiger partial charge in [-0.05, 0) is 19.4 Å². The maximum Gasteiger partial charge on any atom is 0.227 e. The van der Waals surface area contributed by atoms with Crippen molar-refractivity contribution in [2.24, 2.45) is 5.92 Å². The zero-order chi connectivity index (χ0) is 14.7. The predicted octanol–water partition coefficient (Wildman–Crippen LogP) is 1.82. The van der Waals surface area contributed by atoms with Crippen LogP contribution in [0.3, 0.4) is 0 Å². The summed E-state index contributed by atoms with van der Waals surface area (Å²) in [5.74, 6) is -0.0291. The van der Waals surface area contributed by atoms with Crippen LogP contribution in [-0.2, 0) is 16.1 Å². The molecule has 0 saturated carbocycles.